The molecule has 3 rings (SSSR count). The van der Waals surface area contributed by atoms with E-state index in [9.17, 15) is 4.79 Å². The van der Waals surface area contributed by atoms with Crippen LogP contribution in [0, 0.1) is 0 Å². The van der Waals surface area contributed by atoms with Crippen LogP contribution in [0.4, 0.5) is 10.6 Å². The van der Waals surface area contributed by atoms with Gasteiger partial charge in [-0.25, -0.2) is 14.8 Å². The number of carbonyl (C=O) groups is 1. The van der Waals surface area contributed by atoms with Gasteiger partial charge in [-0.2, -0.15) is 0 Å². The fourth-order valence-corrected chi connectivity index (χ4v) is 2.94. The van der Waals surface area contributed by atoms with Gasteiger partial charge in [0.2, 0.25) is 0 Å². The number of rotatable bonds is 6. The highest BCUT2D eigenvalue weighted by atomic mass is 16.3. The molecule has 0 aliphatic carbocycles. The van der Waals surface area contributed by atoms with E-state index in [4.69, 9.17) is 16.6 Å². The summed E-state index contributed by atoms with van der Waals surface area (Å²) in [6.07, 6.45) is 1.47. The average Bonchev–Trinajstić information content (AvgIpc) is 2.94. The molecule has 3 aromatic rings. The zero-order chi connectivity index (χ0) is 18.0. The minimum atomic E-state index is -0.523. The molecule has 2 heterocycles. The molecule has 0 aliphatic rings. The Morgan fingerprint density at radius 2 is 2.04 bits per heavy atom. The molecule has 8 nitrogen and oxygen atoms in total. The number of aliphatic hydroxyl groups excluding tert-OH is 1. The number of imidazole rings is 1. The third-order valence-electron chi connectivity index (χ3n) is 4.23. The first kappa shape index (κ1) is 17.0. The van der Waals surface area contributed by atoms with Crippen molar-refractivity contribution in [3.63, 3.8) is 0 Å². The largest absolute Gasteiger partial charge is 0.396 e. The lowest BCUT2D eigenvalue weighted by Gasteiger charge is -2.16. The highest BCUT2D eigenvalue weighted by Crippen LogP contribution is 2.29. The number of fused-ring (bicyclic) bond motifs is 3. The molecule has 0 aliphatic heterocycles. The number of nitrogen functional groups attached to an aromatic ring is 1. The van der Waals surface area contributed by atoms with Gasteiger partial charge in [-0.15, -0.1) is 0 Å². The Hall–Kier alpha value is -2.87. The Bertz CT molecular complexity index is 920. The van der Waals surface area contributed by atoms with Gasteiger partial charge in [-0.1, -0.05) is 18.2 Å². The second-order valence-corrected chi connectivity index (χ2v) is 6.02. The van der Waals surface area contributed by atoms with Crippen molar-refractivity contribution in [1.29, 1.82) is 0 Å². The normalized spacial score (nSPS) is 11.3. The van der Waals surface area contributed by atoms with E-state index >= 15 is 0 Å². The predicted molar refractivity (Wildman–Crippen MR) is 96.8 cm³/mol. The fraction of sp³-hybridized carbons (Fsp3) is 0.353. The van der Waals surface area contributed by atoms with Crippen molar-refractivity contribution >= 4 is 33.8 Å². The van der Waals surface area contributed by atoms with Crippen molar-refractivity contribution in [3.8, 4) is 0 Å². The van der Waals surface area contributed by atoms with Crippen LogP contribution in [0.25, 0.3) is 21.9 Å². The van der Waals surface area contributed by atoms with Crippen LogP contribution in [0.2, 0.25) is 0 Å². The Kier molecular flexibility index (Phi) is 4.71. The second kappa shape index (κ2) is 6.94. The smallest absolute Gasteiger partial charge is 0.314 e. The first-order valence-corrected chi connectivity index (χ1v) is 8.17. The summed E-state index contributed by atoms with van der Waals surface area (Å²) in [5, 5.41) is 10.0. The van der Waals surface area contributed by atoms with E-state index in [1.54, 1.807) is 7.05 Å². The van der Waals surface area contributed by atoms with Crippen molar-refractivity contribution < 1.29 is 9.90 Å². The van der Waals surface area contributed by atoms with E-state index in [1.165, 1.54) is 4.90 Å². The van der Waals surface area contributed by atoms with E-state index < -0.39 is 6.03 Å². The van der Waals surface area contributed by atoms with Gasteiger partial charge in [-0.05, 0) is 18.9 Å². The quantitative estimate of drug-likeness (QED) is 0.585. The number of nitrogens with two attached hydrogens (primary N) is 2. The van der Waals surface area contributed by atoms with Crippen LogP contribution in [0.1, 0.15) is 18.7 Å². The maximum Gasteiger partial charge on any atom is 0.314 e. The highest BCUT2D eigenvalue weighted by Gasteiger charge is 2.18. The number of hydrogen-bond acceptors (Lipinski definition) is 5. The molecule has 0 radical (unpaired) electrons. The van der Waals surface area contributed by atoms with E-state index in [0.29, 0.717) is 30.1 Å². The highest BCUT2D eigenvalue weighted by molar-refractivity contribution is 6.06. The number of anilines is 1. The molecule has 0 atom stereocenters. The molecule has 5 N–H and O–H groups in total. The zero-order valence-electron chi connectivity index (χ0n) is 14.1. The minimum Gasteiger partial charge on any atom is -0.396 e. The minimum absolute atomic E-state index is 0.133. The van der Waals surface area contributed by atoms with Crippen molar-refractivity contribution in [2.45, 2.75) is 25.9 Å². The van der Waals surface area contributed by atoms with Crippen LogP contribution in [0.15, 0.2) is 24.3 Å². The number of benzene rings is 1. The molecule has 132 valence electrons. The summed E-state index contributed by atoms with van der Waals surface area (Å²) in [6.45, 7) is 1.07. The van der Waals surface area contributed by atoms with Gasteiger partial charge in [0.15, 0.2) is 5.82 Å². The number of nitrogens with zero attached hydrogens (tertiary/aromatic N) is 4. The number of carbonyl (C=O) groups excluding carboxylic acids is 1. The summed E-state index contributed by atoms with van der Waals surface area (Å²) in [7, 11) is 1.62. The molecular formula is C17H22N6O2. The van der Waals surface area contributed by atoms with Crippen LogP contribution in [0.3, 0.4) is 0 Å². The first-order valence-electron chi connectivity index (χ1n) is 8.17. The third-order valence-corrected chi connectivity index (χ3v) is 4.23. The summed E-state index contributed by atoms with van der Waals surface area (Å²) in [6, 6.07) is 7.22. The lowest BCUT2D eigenvalue weighted by atomic mass is 10.2. The van der Waals surface area contributed by atoms with Crippen LogP contribution >= 0.6 is 0 Å². The summed E-state index contributed by atoms with van der Waals surface area (Å²) in [5.41, 5.74) is 13.8. The molecule has 0 saturated carbocycles. The molecule has 25 heavy (non-hydrogen) atoms. The Labute approximate surface area is 145 Å². The van der Waals surface area contributed by atoms with Gasteiger partial charge in [0.25, 0.3) is 0 Å². The molecule has 0 saturated heterocycles. The number of aliphatic hydroxyl groups is 1. The van der Waals surface area contributed by atoms with Gasteiger partial charge >= 0.3 is 6.03 Å². The maximum absolute atomic E-state index is 11.4. The second-order valence-electron chi connectivity index (χ2n) is 6.02. The summed E-state index contributed by atoms with van der Waals surface area (Å²) in [5.74, 6) is 1.05. The van der Waals surface area contributed by atoms with Crippen molar-refractivity contribution in [3.05, 3.63) is 30.1 Å². The summed E-state index contributed by atoms with van der Waals surface area (Å²) < 4.78 is 2.05. The number of pyridine rings is 1. The number of hydrogen-bond donors (Lipinski definition) is 3. The number of amides is 2. The van der Waals surface area contributed by atoms with E-state index in [2.05, 4.69) is 9.97 Å². The third kappa shape index (κ3) is 3.20. The fourth-order valence-electron chi connectivity index (χ4n) is 2.94. The monoisotopic (exact) mass is 342 g/mol. The first-order chi connectivity index (χ1) is 12.0. The van der Waals surface area contributed by atoms with Crippen molar-refractivity contribution in [2.24, 2.45) is 5.73 Å². The summed E-state index contributed by atoms with van der Waals surface area (Å²) >= 11 is 0. The molecule has 0 unspecified atom stereocenters. The molecule has 0 fully saturated rings. The van der Waals surface area contributed by atoms with Crippen molar-refractivity contribution in [1.82, 2.24) is 19.4 Å². The van der Waals surface area contributed by atoms with Gasteiger partial charge < -0.3 is 26.0 Å². The van der Waals surface area contributed by atoms with Crippen LogP contribution in [0.5, 0.6) is 0 Å². The molecule has 0 bridgehead atoms. The van der Waals surface area contributed by atoms with Gasteiger partial charge in [0.1, 0.15) is 11.3 Å². The Balaban J connectivity index is 2.20. The van der Waals surface area contributed by atoms with Gasteiger partial charge in [0.05, 0.1) is 17.6 Å². The van der Waals surface area contributed by atoms with Crippen molar-refractivity contribution in [2.75, 3.05) is 19.4 Å². The molecule has 0 spiro atoms. The lowest BCUT2D eigenvalue weighted by Crippen LogP contribution is -2.32. The van der Waals surface area contributed by atoms with Gasteiger partial charge in [0, 0.05) is 25.6 Å². The summed E-state index contributed by atoms with van der Waals surface area (Å²) in [4.78, 5) is 21.9. The maximum atomic E-state index is 11.4. The molecule has 2 amide bonds. The number of primary amides is 1. The number of aromatic nitrogens is 3. The topological polar surface area (TPSA) is 123 Å². The number of unbranched alkanes of at least 4 members (excludes halogenated alkanes) is 1. The molecule has 8 heteroatoms. The number of para-hydroxylation sites is 1. The average molecular weight is 342 g/mol. The molecular weight excluding hydrogens is 320 g/mol. The van der Waals surface area contributed by atoms with Crippen LogP contribution in [-0.4, -0.2) is 44.2 Å². The predicted octanol–water partition coefficient (Wildman–Crippen LogP) is 1.45. The van der Waals surface area contributed by atoms with Gasteiger partial charge in [-0.3, -0.25) is 0 Å². The van der Waals surface area contributed by atoms with E-state index in [0.717, 1.165) is 22.8 Å². The lowest BCUT2D eigenvalue weighted by molar-refractivity contribution is 0.215. The van der Waals surface area contributed by atoms with Crippen LogP contribution in [-0.2, 0) is 13.1 Å². The van der Waals surface area contributed by atoms with E-state index in [-0.39, 0.29) is 13.2 Å². The van der Waals surface area contributed by atoms with E-state index in [1.807, 2.05) is 28.8 Å². The molecule has 1 aromatic carbocycles. The standard InChI is InChI=1S/C17H22N6O2/c1-22(17(19)25)10-13-21-14-15(23(13)8-4-5-9-24)11-6-2-3-7-12(11)20-16(14)18/h2-3,6-7,24H,4-5,8-10H2,1H3,(H2,18,20)(H2,19,25). The number of aryl methyl sites for hydroxylation is 1. The zero-order valence-corrected chi connectivity index (χ0v) is 14.1. The number of urea groups is 1. The SMILES string of the molecule is CN(Cc1nc2c(N)nc3ccccc3c2n1CCCCO)C(N)=O. The molecule has 2 aromatic heterocycles. The Morgan fingerprint density at radius 3 is 2.76 bits per heavy atom. The Morgan fingerprint density at radius 1 is 1.28 bits per heavy atom. The van der Waals surface area contributed by atoms with Crippen LogP contribution < -0.4 is 11.5 Å².